The lowest BCUT2D eigenvalue weighted by Gasteiger charge is -2.37. The monoisotopic (exact) mass is 809 g/mol. The van der Waals surface area contributed by atoms with Crippen LogP contribution in [0.2, 0.25) is 0 Å². The number of sulfonamides is 1. The van der Waals surface area contributed by atoms with Gasteiger partial charge in [-0.1, -0.05) is 36.4 Å². The molecule has 0 aliphatic carbocycles. The minimum Gasteiger partial charge on any atom is -0.376 e. The molecule has 1 atom stereocenters. The molecule has 2 saturated heterocycles. The molecule has 4 aromatic carbocycles. The zero-order chi connectivity index (χ0) is 39.8. The molecule has 5 aromatic rings. The summed E-state index contributed by atoms with van der Waals surface area (Å²) < 4.78 is 30.1. The fourth-order valence-corrected chi connectivity index (χ4v) is 9.54. The lowest BCUT2D eigenvalue weighted by Crippen LogP contribution is -2.46. The zero-order valence-corrected chi connectivity index (χ0v) is 34.2. The average molecular weight is 810 g/mol. The SMILES string of the molecule is CN(C)CCC(CSc1ccccc1)Nc1ccc(S(=O)(=O)Nc2ncnc3cc(N4CCN(Cc5ccccc5N5CCCCC5)CC4)ccc23)cc1[N+](=O)[O-]. The summed E-state index contributed by atoms with van der Waals surface area (Å²) in [7, 11) is -0.286. The van der Waals surface area contributed by atoms with Crippen LogP contribution >= 0.6 is 11.8 Å². The first-order valence-electron chi connectivity index (χ1n) is 19.6. The van der Waals surface area contributed by atoms with E-state index in [1.54, 1.807) is 11.8 Å². The van der Waals surface area contributed by atoms with E-state index in [9.17, 15) is 18.5 Å². The second-order valence-electron chi connectivity index (χ2n) is 15.0. The Bertz CT molecular complexity index is 2250. The summed E-state index contributed by atoms with van der Waals surface area (Å²) >= 11 is 1.66. The highest BCUT2D eigenvalue weighted by molar-refractivity contribution is 7.99. The predicted octanol–water partition coefficient (Wildman–Crippen LogP) is 7.18. The average Bonchev–Trinajstić information content (AvgIpc) is 3.22. The topological polar surface area (TPSA) is 140 Å². The number of nitrogens with zero attached hydrogens (tertiary/aromatic N) is 7. The van der Waals surface area contributed by atoms with Gasteiger partial charge < -0.3 is 20.0 Å². The maximum Gasteiger partial charge on any atom is 0.293 e. The third-order valence-electron chi connectivity index (χ3n) is 10.6. The number of hydrogen-bond acceptors (Lipinski definition) is 12. The number of piperidine rings is 1. The third kappa shape index (κ3) is 10.3. The molecule has 2 fully saturated rings. The number of aromatic nitrogens is 2. The molecule has 300 valence electrons. The van der Waals surface area contributed by atoms with Gasteiger partial charge in [0.05, 0.1) is 15.3 Å². The van der Waals surface area contributed by atoms with Crippen LogP contribution in [0.25, 0.3) is 10.9 Å². The second-order valence-corrected chi connectivity index (χ2v) is 17.7. The molecule has 2 aliphatic heterocycles. The lowest BCUT2D eigenvalue weighted by molar-refractivity contribution is -0.384. The Morgan fingerprint density at radius 3 is 2.37 bits per heavy atom. The molecule has 1 unspecified atom stereocenters. The minimum absolute atomic E-state index is 0.107. The number of hydrogen-bond donors (Lipinski definition) is 2. The molecule has 57 heavy (non-hydrogen) atoms. The van der Waals surface area contributed by atoms with Crippen molar-refractivity contribution in [2.75, 3.05) is 85.5 Å². The Labute approximate surface area is 339 Å². The van der Waals surface area contributed by atoms with E-state index in [1.807, 2.05) is 62.6 Å². The van der Waals surface area contributed by atoms with Crippen LogP contribution in [0.15, 0.2) is 107 Å². The van der Waals surface area contributed by atoms with Crippen LogP contribution in [0.4, 0.5) is 28.6 Å². The summed E-state index contributed by atoms with van der Waals surface area (Å²) in [5, 5.41) is 16.2. The van der Waals surface area contributed by atoms with Gasteiger partial charge in [0.2, 0.25) is 0 Å². The first-order chi connectivity index (χ1) is 27.6. The molecular weight excluding hydrogens is 759 g/mol. The molecule has 7 rings (SSSR count). The van der Waals surface area contributed by atoms with Crippen molar-refractivity contribution in [3.8, 4) is 0 Å². The van der Waals surface area contributed by atoms with E-state index in [0.717, 1.165) is 75.4 Å². The van der Waals surface area contributed by atoms with Gasteiger partial charge in [-0.2, -0.15) is 0 Å². The fourth-order valence-electron chi connectivity index (χ4n) is 7.50. The van der Waals surface area contributed by atoms with Gasteiger partial charge in [-0.3, -0.25) is 19.7 Å². The van der Waals surface area contributed by atoms with Crippen LogP contribution in [0, 0.1) is 10.1 Å². The Morgan fingerprint density at radius 2 is 1.61 bits per heavy atom. The van der Waals surface area contributed by atoms with Gasteiger partial charge in [-0.05, 0) is 100 Å². The van der Waals surface area contributed by atoms with Crippen molar-refractivity contribution in [2.45, 2.75) is 48.1 Å². The zero-order valence-electron chi connectivity index (χ0n) is 32.6. The van der Waals surface area contributed by atoms with Gasteiger partial charge in [0.1, 0.15) is 12.0 Å². The summed E-state index contributed by atoms with van der Waals surface area (Å²) in [6.45, 7) is 7.50. The van der Waals surface area contributed by atoms with Crippen LogP contribution < -0.4 is 19.8 Å². The standard InChI is InChI=1S/C42H51N9O4S2/c1-47(2)22-19-33(30-56-35-12-5-3-6-13-35)45-38-18-16-36(28-41(38)51(52)53)57(54,55)46-42-37-17-15-34(27-39(37)43-31-44-42)49-25-23-48(24-26-49)29-32-11-7-8-14-40(32)50-20-9-4-10-21-50/h3,5-8,11-18,27-28,31,33,45H,4,9-10,19-26,29-30H2,1-2H3,(H,43,44,46). The Balaban J connectivity index is 1.02. The minimum atomic E-state index is -4.25. The van der Waals surface area contributed by atoms with Crippen LogP contribution in [0.3, 0.4) is 0 Å². The summed E-state index contributed by atoms with van der Waals surface area (Å²) in [4.78, 5) is 30.8. The van der Waals surface area contributed by atoms with E-state index < -0.39 is 14.9 Å². The molecule has 2 N–H and O–H groups in total. The number of nitro benzene ring substituents is 1. The summed E-state index contributed by atoms with van der Waals surface area (Å²) in [5.41, 5.74) is 4.29. The maximum atomic E-state index is 13.7. The molecule has 0 bridgehead atoms. The molecule has 0 saturated carbocycles. The molecule has 2 aliphatic rings. The van der Waals surface area contributed by atoms with E-state index in [4.69, 9.17) is 0 Å². The van der Waals surface area contributed by atoms with Crippen molar-refractivity contribution >= 4 is 61.3 Å². The van der Waals surface area contributed by atoms with Crippen LogP contribution in [-0.2, 0) is 16.6 Å². The number of piperazine rings is 1. The van der Waals surface area contributed by atoms with Crippen LogP contribution in [-0.4, -0.2) is 105 Å². The van der Waals surface area contributed by atoms with Gasteiger partial charge in [0.25, 0.3) is 15.7 Å². The number of anilines is 4. The molecule has 13 nitrogen and oxygen atoms in total. The van der Waals surface area contributed by atoms with Crippen molar-refractivity contribution in [3.05, 3.63) is 113 Å². The van der Waals surface area contributed by atoms with Gasteiger partial charge in [0.15, 0.2) is 5.82 Å². The van der Waals surface area contributed by atoms with Crippen molar-refractivity contribution in [2.24, 2.45) is 0 Å². The van der Waals surface area contributed by atoms with E-state index in [-0.39, 0.29) is 28.1 Å². The van der Waals surface area contributed by atoms with E-state index in [1.165, 1.54) is 49.0 Å². The fraction of sp³-hybridized carbons (Fsp3) is 0.381. The summed E-state index contributed by atoms with van der Waals surface area (Å²) in [6.07, 6.45) is 5.88. The number of para-hydroxylation sites is 1. The molecular formula is C42H51N9O4S2. The summed E-state index contributed by atoms with van der Waals surface area (Å²) in [6, 6.07) is 28.4. The van der Waals surface area contributed by atoms with Gasteiger partial charge in [-0.25, -0.2) is 18.4 Å². The Hall–Kier alpha value is -4.96. The molecule has 0 spiro atoms. The highest BCUT2D eigenvalue weighted by atomic mass is 32.2. The normalized spacial score (nSPS) is 15.8. The van der Waals surface area contributed by atoms with E-state index in [2.05, 4.69) is 63.9 Å². The number of benzene rings is 4. The van der Waals surface area contributed by atoms with Crippen molar-refractivity contribution in [1.82, 2.24) is 19.8 Å². The number of rotatable bonds is 16. The van der Waals surface area contributed by atoms with Gasteiger partial charge in [-0.15, -0.1) is 11.8 Å². The number of nitrogens with one attached hydrogen (secondary N) is 2. The first kappa shape index (κ1) is 40.2. The quantitative estimate of drug-likeness (QED) is 0.0593. The largest absolute Gasteiger partial charge is 0.376 e. The maximum absolute atomic E-state index is 13.7. The molecule has 3 heterocycles. The highest BCUT2D eigenvalue weighted by Crippen LogP contribution is 2.33. The second kappa shape index (κ2) is 18.5. The van der Waals surface area contributed by atoms with Crippen LogP contribution in [0.1, 0.15) is 31.2 Å². The van der Waals surface area contributed by atoms with Gasteiger partial charge in [0, 0.05) is 85.3 Å². The van der Waals surface area contributed by atoms with Crippen LogP contribution in [0.5, 0.6) is 0 Å². The van der Waals surface area contributed by atoms with Gasteiger partial charge >= 0.3 is 0 Å². The van der Waals surface area contributed by atoms with E-state index in [0.29, 0.717) is 16.7 Å². The molecule has 15 heteroatoms. The Kier molecular flexibility index (Phi) is 13.1. The first-order valence-corrected chi connectivity index (χ1v) is 22.0. The highest BCUT2D eigenvalue weighted by Gasteiger charge is 2.25. The number of nitro groups is 1. The number of fused-ring (bicyclic) bond motifs is 1. The predicted molar refractivity (Wildman–Crippen MR) is 231 cm³/mol. The smallest absolute Gasteiger partial charge is 0.293 e. The lowest BCUT2D eigenvalue weighted by atomic mass is 10.1. The molecule has 1 aromatic heterocycles. The molecule has 0 amide bonds. The number of thioether (sulfide) groups is 1. The Morgan fingerprint density at radius 1 is 0.860 bits per heavy atom. The third-order valence-corrected chi connectivity index (χ3v) is 13.1. The van der Waals surface area contributed by atoms with Crippen molar-refractivity contribution < 1.29 is 13.3 Å². The summed E-state index contributed by atoms with van der Waals surface area (Å²) in [5.74, 6) is 0.777. The van der Waals surface area contributed by atoms with E-state index >= 15 is 0 Å². The van der Waals surface area contributed by atoms with Crippen molar-refractivity contribution in [3.63, 3.8) is 0 Å². The molecule has 0 radical (unpaired) electrons. The van der Waals surface area contributed by atoms with Crippen molar-refractivity contribution in [1.29, 1.82) is 0 Å².